The van der Waals surface area contributed by atoms with Crippen LogP contribution >= 0.6 is 0 Å². The van der Waals surface area contributed by atoms with Crippen molar-refractivity contribution in [3.05, 3.63) is 11.7 Å². The number of aromatic nitrogens is 2. The second-order valence-corrected chi connectivity index (χ2v) is 4.23. The maximum atomic E-state index is 11.8. The molecule has 0 radical (unpaired) electrons. The van der Waals surface area contributed by atoms with Gasteiger partial charge in [0.05, 0.1) is 6.61 Å². The Morgan fingerprint density at radius 3 is 2.89 bits per heavy atom. The minimum Gasteiger partial charge on any atom is -0.481 e. The normalized spacial score (nSPS) is 12.8. The molecular formula is C11H16F2N2O4. The lowest BCUT2D eigenvalue weighted by Crippen LogP contribution is -2.08. The number of alkyl halides is 2. The minimum atomic E-state index is -2.49. The molecule has 1 rings (SSSR count). The maximum Gasteiger partial charge on any atom is 0.303 e. The highest BCUT2D eigenvalue weighted by Gasteiger charge is 2.13. The summed E-state index contributed by atoms with van der Waals surface area (Å²) in [6.07, 6.45) is -1.81. The zero-order chi connectivity index (χ0) is 14.3. The highest BCUT2D eigenvalue weighted by molar-refractivity contribution is 5.66. The van der Waals surface area contributed by atoms with E-state index in [2.05, 4.69) is 10.1 Å². The van der Waals surface area contributed by atoms with Crippen LogP contribution in [0.25, 0.3) is 0 Å². The summed E-state index contributed by atoms with van der Waals surface area (Å²) in [5.74, 6) is -0.280. The largest absolute Gasteiger partial charge is 0.481 e. The highest BCUT2D eigenvalue weighted by atomic mass is 19.3. The van der Waals surface area contributed by atoms with Crippen LogP contribution in [0.3, 0.4) is 0 Å². The lowest BCUT2D eigenvalue weighted by molar-refractivity contribution is -0.137. The van der Waals surface area contributed by atoms with Gasteiger partial charge in [0.15, 0.2) is 5.82 Å². The van der Waals surface area contributed by atoms with E-state index in [-0.39, 0.29) is 25.4 Å². The van der Waals surface area contributed by atoms with E-state index in [1.54, 1.807) is 6.92 Å². The second kappa shape index (κ2) is 7.78. The van der Waals surface area contributed by atoms with Crippen LogP contribution in [0.2, 0.25) is 0 Å². The van der Waals surface area contributed by atoms with Crippen molar-refractivity contribution in [1.29, 1.82) is 0 Å². The van der Waals surface area contributed by atoms with Crippen LogP contribution in [0.1, 0.15) is 25.1 Å². The molecule has 1 aromatic heterocycles. The van der Waals surface area contributed by atoms with E-state index >= 15 is 0 Å². The van der Waals surface area contributed by atoms with E-state index in [0.29, 0.717) is 18.1 Å². The molecule has 1 unspecified atom stereocenters. The van der Waals surface area contributed by atoms with Crippen LogP contribution in [0.5, 0.6) is 0 Å². The first-order chi connectivity index (χ1) is 8.97. The Hall–Kier alpha value is -1.57. The molecule has 0 aliphatic rings. The van der Waals surface area contributed by atoms with Gasteiger partial charge >= 0.3 is 5.97 Å². The Kier molecular flexibility index (Phi) is 6.34. The van der Waals surface area contributed by atoms with Crippen molar-refractivity contribution in [2.75, 3.05) is 13.2 Å². The molecule has 0 amide bonds. The predicted octanol–water partition coefficient (Wildman–Crippen LogP) is 1.55. The molecule has 8 heteroatoms. The SMILES string of the molecule is CC(CC(=O)O)Cc1nc(CCOCC(F)F)no1. The molecule has 1 aromatic rings. The predicted molar refractivity (Wildman–Crippen MR) is 59.9 cm³/mol. The molecule has 1 atom stereocenters. The number of rotatable bonds is 9. The molecule has 0 aliphatic carbocycles. The first kappa shape index (κ1) is 15.5. The summed E-state index contributed by atoms with van der Waals surface area (Å²) in [5.41, 5.74) is 0. The van der Waals surface area contributed by atoms with Crippen molar-refractivity contribution >= 4 is 5.97 Å². The van der Waals surface area contributed by atoms with Gasteiger partial charge in [-0.3, -0.25) is 4.79 Å². The standard InChI is InChI=1S/C11H16F2N2O4/c1-7(5-11(16)17)4-10-14-9(15-19-10)2-3-18-6-8(12)13/h7-8H,2-6H2,1H3,(H,16,17). The van der Waals surface area contributed by atoms with Crippen LogP contribution < -0.4 is 0 Å². The first-order valence-corrected chi connectivity index (χ1v) is 5.86. The van der Waals surface area contributed by atoms with Gasteiger partial charge in [0, 0.05) is 19.3 Å². The van der Waals surface area contributed by atoms with Crippen LogP contribution in [-0.4, -0.2) is 40.9 Å². The van der Waals surface area contributed by atoms with Gasteiger partial charge in [0.25, 0.3) is 6.43 Å². The third kappa shape index (κ3) is 6.80. The first-order valence-electron chi connectivity index (χ1n) is 5.86. The average molecular weight is 278 g/mol. The van der Waals surface area contributed by atoms with Crippen LogP contribution in [0, 0.1) is 5.92 Å². The highest BCUT2D eigenvalue weighted by Crippen LogP contribution is 2.10. The zero-order valence-electron chi connectivity index (χ0n) is 10.5. The van der Waals surface area contributed by atoms with Crippen molar-refractivity contribution in [3.63, 3.8) is 0 Å². The molecular weight excluding hydrogens is 262 g/mol. The molecule has 19 heavy (non-hydrogen) atoms. The minimum absolute atomic E-state index is 0.0230. The molecule has 0 spiro atoms. The van der Waals surface area contributed by atoms with E-state index in [1.807, 2.05) is 0 Å². The smallest absolute Gasteiger partial charge is 0.303 e. The van der Waals surface area contributed by atoms with E-state index in [1.165, 1.54) is 0 Å². The van der Waals surface area contributed by atoms with Gasteiger partial charge in [0.1, 0.15) is 6.61 Å². The van der Waals surface area contributed by atoms with E-state index in [0.717, 1.165) is 0 Å². The molecule has 6 nitrogen and oxygen atoms in total. The number of carbonyl (C=O) groups is 1. The summed E-state index contributed by atoms with van der Waals surface area (Å²) in [5, 5.41) is 12.3. The number of aliphatic carboxylic acids is 1. The van der Waals surface area contributed by atoms with Crippen molar-refractivity contribution in [1.82, 2.24) is 10.1 Å². The van der Waals surface area contributed by atoms with Gasteiger partial charge in [-0.15, -0.1) is 0 Å². The molecule has 108 valence electrons. The number of nitrogens with zero attached hydrogens (tertiary/aromatic N) is 2. The van der Waals surface area contributed by atoms with Gasteiger partial charge in [-0.2, -0.15) is 4.98 Å². The van der Waals surface area contributed by atoms with Gasteiger partial charge < -0.3 is 14.4 Å². The zero-order valence-corrected chi connectivity index (χ0v) is 10.5. The molecule has 0 bridgehead atoms. The van der Waals surface area contributed by atoms with Gasteiger partial charge in [0.2, 0.25) is 5.89 Å². The van der Waals surface area contributed by atoms with Gasteiger partial charge in [-0.25, -0.2) is 8.78 Å². The Labute approximate surface area is 108 Å². The summed E-state index contributed by atoms with van der Waals surface area (Å²) in [7, 11) is 0. The van der Waals surface area contributed by atoms with Gasteiger partial charge in [-0.05, 0) is 5.92 Å². The summed E-state index contributed by atoms with van der Waals surface area (Å²) in [6.45, 7) is 1.25. The number of hydrogen-bond acceptors (Lipinski definition) is 5. The summed E-state index contributed by atoms with van der Waals surface area (Å²) >= 11 is 0. The lowest BCUT2D eigenvalue weighted by atomic mass is 10.0. The number of hydrogen-bond donors (Lipinski definition) is 1. The van der Waals surface area contributed by atoms with E-state index in [9.17, 15) is 13.6 Å². The molecule has 1 heterocycles. The fourth-order valence-electron chi connectivity index (χ4n) is 1.48. The van der Waals surface area contributed by atoms with E-state index < -0.39 is 19.0 Å². The number of carboxylic acids is 1. The third-order valence-corrected chi connectivity index (χ3v) is 2.27. The fourth-order valence-corrected chi connectivity index (χ4v) is 1.48. The Bertz CT molecular complexity index is 398. The topological polar surface area (TPSA) is 85.5 Å². The van der Waals surface area contributed by atoms with Crippen LogP contribution in [0.15, 0.2) is 4.52 Å². The molecule has 0 fully saturated rings. The third-order valence-electron chi connectivity index (χ3n) is 2.27. The molecule has 0 aromatic carbocycles. The lowest BCUT2D eigenvalue weighted by Gasteiger charge is -2.03. The monoisotopic (exact) mass is 278 g/mol. The molecule has 1 N–H and O–H groups in total. The van der Waals surface area contributed by atoms with Crippen LogP contribution in [-0.2, 0) is 22.4 Å². The van der Waals surface area contributed by atoms with Crippen molar-refractivity contribution in [2.45, 2.75) is 32.6 Å². The Morgan fingerprint density at radius 1 is 1.53 bits per heavy atom. The molecule has 0 aliphatic heterocycles. The fraction of sp³-hybridized carbons (Fsp3) is 0.727. The van der Waals surface area contributed by atoms with E-state index in [4.69, 9.17) is 14.4 Å². The summed E-state index contributed by atoms with van der Waals surface area (Å²) in [6, 6.07) is 0. The van der Waals surface area contributed by atoms with Crippen molar-refractivity contribution in [2.24, 2.45) is 5.92 Å². The number of halogens is 2. The second-order valence-electron chi connectivity index (χ2n) is 4.23. The summed E-state index contributed by atoms with van der Waals surface area (Å²) < 4.78 is 33.2. The maximum absolute atomic E-state index is 11.8. The van der Waals surface area contributed by atoms with Crippen molar-refractivity contribution in [3.8, 4) is 0 Å². The quantitative estimate of drug-likeness (QED) is 0.690. The van der Waals surface area contributed by atoms with Crippen molar-refractivity contribution < 1.29 is 27.9 Å². The molecule has 0 saturated heterocycles. The average Bonchev–Trinajstić information content (AvgIpc) is 2.70. The van der Waals surface area contributed by atoms with Gasteiger partial charge in [-0.1, -0.05) is 12.1 Å². The number of carboxylic acid groups (broad SMARTS) is 1. The van der Waals surface area contributed by atoms with Crippen LogP contribution in [0.4, 0.5) is 8.78 Å². The summed E-state index contributed by atoms with van der Waals surface area (Å²) in [4.78, 5) is 14.5. The number of ether oxygens (including phenoxy) is 1. The Morgan fingerprint density at radius 2 is 2.26 bits per heavy atom. The molecule has 0 saturated carbocycles. The Balaban J connectivity index is 2.29.